The molecule has 1 unspecified atom stereocenters. The van der Waals surface area contributed by atoms with E-state index in [1.165, 1.54) is 4.90 Å². The molecule has 7 heteroatoms. The van der Waals surface area contributed by atoms with Crippen molar-refractivity contribution >= 4 is 23.1 Å². The van der Waals surface area contributed by atoms with Gasteiger partial charge in [0.1, 0.15) is 5.60 Å². The van der Waals surface area contributed by atoms with E-state index in [2.05, 4.69) is 5.32 Å². The molecule has 1 heterocycles. The molecule has 0 aliphatic carbocycles. The molecule has 1 rings (SSSR count). The molecule has 1 aromatic rings. The summed E-state index contributed by atoms with van der Waals surface area (Å²) < 4.78 is 5.35. The molecule has 6 nitrogen and oxygen atoms in total. The summed E-state index contributed by atoms with van der Waals surface area (Å²) >= 11 is 1.60. The van der Waals surface area contributed by atoms with E-state index >= 15 is 0 Å². The molecule has 126 valence electrons. The van der Waals surface area contributed by atoms with Crippen molar-refractivity contribution in [3.63, 3.8) is 0 Å². The molecule has 0 bridgehead atoms. The molecular formula is C15H27N3O3S. The van der Waals surface area contributed by atoms with E-state index in [9.17, 15) is 9.90 Å². The number of amides is 1. The zero-order valence-electron chi connectivity index (χ0n) is 13.8. The predicted octanol–water partition coefficient (Wildman–Crippen LogP) is 2.04. The van der Waals surface area contributed by atoms with Crippen molar-refractivity contribution in [3.8, 4) is 0 Å². The van der Waals surface area contributed by atoms with Crippen LogP contribution in [0.5, 0.6) is 0 Å². The zero-order valence-corrected chi connectivity index (χ0v) is 14.6. The summed E-state index contributed by atoms with van der Waals surface area (Å²) in [6, 6.07) is 1.88. The highest BCUT2D eigenvalue weighted by Gasteiger charge is 2.22. The second-order valence-corrected chi connectivity index (χ2v) is 7.25. The van der Waals surface area contributed by atoms with E-state index in [4.69, 9.17) is 10.5 Å². The standard InChI is InChI=1S/C15H27N3O3S/c1-11(19)10-18(14(20)21-15(2,3)4)7-6-17-9-13-12(16)5-8-22-13/h5,8,11,17,19H,6-7,9-10,16H2,1-4H3. The molecule has 0 aliphatic rings. The van der Waals surface area contributed by atoms with Gasteiger partial charge in [-0.05, 0) is 39.1 Å². The van der Waals surface area contributed by atoms with Crippen molar-refractivity contribution in [1.82, 2.24) is 10.2 Å². The number of nitrogens with zero attached hydrogens (tertiary/aromatic N) is 1. The first kappa shape index (κ1) is 18.7. The minimum atomic E-state index is -0.597. The smallest absolute Gasteiger partial charge is 0.410 e. The highest BCUT2D eigenvalue weighted by Crippen LogP contribution is 2.18. The van der Waals surface area contributed by atoms with E-state index in [-0.39, 0.29) is 6.54 Å². The van der Waals surface area contributed by atoms with Crippen LogP contribution in [0.15, 0.2) is 11.4 Å². The van der Waals surface area contributed by atoms with Crippen LogP contribution < -0.4 is 11.1 Å². The lowest BCUT2D eigenvalue weighted by Gasteiger charge is -2.28. The highest BCUT2D eigenvalue weighted by molar-refractivity contribution is 7.10. The molecule has 0 radical (unpaired) electrons. The van der Waals surface area contributed by atoms with Crippen LogP contribution >= 0.6 is 11.3 Å². The van der Waals surface area contributed by atoms with Crippen LogP contribution in [0.4, 0.5) is 10.5 Å². The SMILES string of the molecule is CC(O)CN(CCNCc1sccc1N)C(=O)OC(C)(C)C. The Labute approximate surface area is 136 Å². The summed E-state index contributed by atoms with van der Waals surface area (Å²) in [7, 11) is 0. The molecule has 0 aromatic carbocycles. The maximum absolute atomic E-state index is 12.1. The number of aliphatic hydroxyl groups excluding tert-OH is 1. The number of nitrogens with two attached hydrogens (primary N) is 1. The van der Waals surface area contributed by atoms with Gasteiger partial charge in [-0.2, -0.15) is 0 Å². The second-order valence-electron chi connectivity index (χ2n) is 6.25. The zero-order chi connectivity index (χ0) is 16.8. The van der Waals surface area contributed by atoms with Gasteiger partial charge in [0.25, 0.3) is 0 Å². The van der Waals surface area contributed by atoms with Crippen LogP contribution in [0.3, 0.4) is 0 Å². The largest absolute Gasteiger partial charge is 0.444 e. The number of thiophene rings is 1. The number of anilines is 1. The van der Waals surface area contributed by atoms with Crippen LogP contribution in [-0.4, -0.2) is 47.4 Å². The first-order chi connectivity index (χ1) is 10.2. The van der Waals surface area contributed by atoms with Crippen molar-refractivity contribution in [2.45, 2.75) is 45.9 Å². The number of hydrogen-bond donors (Lipinski definition) is 3. The lowest BCUT2D eigenvalue weighted by atomic mass is 10.2. The number of rotatable bonds is 7. The topological polar surface area (TPSA) is 87.8 Å². The monoisotopic (exact) mass is 329 g/mol. The molecule has 0 saturated heterocycles. The minimum absolute atomic E-state index is 0.248. The summed E-state index contributed by atoms with van der Waals surface area (Å²) in [6.07, 6.45) is -1.01. The number of carbonyl (C=O) groups is 1. The first-order valence-corrected chi connectivity index (χ1v) is 8.25. The van der Waals surface area contributed by atoms with Crippen molar-refractivity contribution < 1.29 is 14.6 Å². The van der Waals surface area contributed by atoms with E-state index in [0.29, 0.717) is 19.6 Å². The van der Waals surface area contributed by atoms with Crippen molar-refractivity contribution in [2.24, 2.45) is 0 Å². The van der Waals surface area contributed by atoms with Gasteiger partial charge in [-0.3, -0.25) is 0 Å². The maximum Gasteiger partial charge on any atom is 0.410 e. The number of ether oxygens (including phenoxy) is 1. The van der Waals surface area contributed by atoms with Gasteiger partial charge in [-0.1, -0.05) is 0 Å². The van der Waals surface area contributed by atoms with Gasteiger partial charge >= 0.3 is 6.09 Å². The van der Waals surface area contributed by atoms with Gasteiger partial charge in [0.2, 0.25) is 0 Å². The predicted molar refractivity (Wildman–Crippen MR) is 89.9 cm³/mol. The Morgan fingerprint density at radius 2 is 2.23 bits per heavy atom. The van der Waals surface area contributed by atoms with Crippen LogP contribution in [0.25, 0.3) is 0 Å². The molecule has 4 N–H and O–H groups in total. The number of nitrogen functional groups attached to an aromatic ring is 1. The highest BCUT2D eigenvalue weighted by atomic mass is 32.1. The third-order valence-corrected chi connectivity index (χ3v) is 3.70. The number of hydrogen-bond acceptors (Lipinski definition) is 6. The number of carbonyl (C=O) groups excluding carboxylic acids is 1. The second kappa shape index (κ2) is 8.36. The lowest BCUT2D eigenvalue weighted by Crippen LogP contribution is -2.43. The molecule has 0 fully saturated rings. The van der Waals surface area contributed by atoms with Crippen LogP contribution in [0.1, 0.15) is 32.6 Å². The molecule has 0 aliphatic heterocycles. The van der Waals surface area contributed by atoms with Crippen molar-refractivity contribution in [3.05, 3.63) is 16.3 Å². The van der Waals surface area contributed by atoms with Gasteiger partial charge in [-0.15, -0.1) is 11.3 Å². The average molecular weight is 329 g/mol. The van der Waals surface area contributed by atoms with Crippen molar-refractivity contribution in [2.75, 3.05) is 25.4 Å². The van der Waals surface area contributed by atoms with E-state index in [1.54, 1.807) is 18.3 Å². The molecular weight excluding hydrogens is 302 g/mol. The van der Waals surface area contributed by atoms with E-state index in [1.807, 2.05) is 32.2 Å². The first-order valence-electron chi connectivity index (χ1n) is 7.37. The molecule has 22 heavy (non-hydrogen) atoms. The van der Waals surface area contributed by atoms with Gasteiger partial charge in [-0.25, -0.2) is 4.79 Å². The van der Waals surface area contributed by atoms with Crippen LogP contribution in [0.2, 0.25) is 0 Å². The lowest BCUT2D eigenvalue weighted by molar-refractivity contribution is 0.0164. The Bertz CT molecular complexity index is 469. The third-order valence-electron chi connectivity index (χ3n) is 2.76. The third kappa shape index (κ3) is 7.11. The van der Waals surface area contributed by atoms with E-state index < -0.39 is 17.8 Å². The summed E-state index contributed by atoms with van der Waals surface area (Å²) in [5.74, 6) is 0. The summed E-state index contributed by atoms with van der Waals surface area (Å²) in [5, 5.41) is 14.7. The normalized spacial score (nSPS) is 13.0. The Kier molecular flexibility index (Phi) is 7.12. The fourth-order valence-corrected chi connectivity index (χ4v) is 2.58. The molecule has 0 spiro atoms. The van der Waals surface area contributed by atoms with Gasteiger partial charge in [0, 0.05) is 36.7 Å². The minimum Gasteiger partial charge on any atom is -0.444 e. The summed E-state index contributed by atoms with van der Waals surface area (Å²) in [5.41, 5.74) is 6.05. The Balaban J connectivity index is 2.44. The fraction of sp³-hybridized carbons (Fsp3) is 0.667. The quantitative estimate of drug-likeness (QED) is 0.666. The molecule has 1 atom stereocenters. The summed E-state index contributed by atoms with van der Waals surface area (Å²) in [4.78, 5) is 14.7. The van der Waals surface area contributed by atoms with Crippen LogP contribution in [0, 0.1) is 0 Å². The summed E-state index contributed by atoms with van der Waals surface area (Å²) in [6.45, 7) is 9.10. The van der Waals surface area contributed by atoms with Gasteiger partial charge < -0.3 is 25.8 Å². The molecule has 1 amide bonds. The van der Waals surface area contributed by atoms with Gasteiger partial charge in [0.15, 0.2) is 0 Å². The number of aliphatic hydroxyl groups is 1. The number of nitrogens with one attached hydrogen (secondary N) is 1. The molecule has 1 aromatic heterocycles. The van der Waals surface area contributed by atoms with Crippen molar-refractivity contribution in [1.29, 1.82) is 0 Å². The van der Waals surface area contributed by atoms with Gasteiger partial charge in [0.05, 0.1) is 6.10 Å². The Hall–Kier alpha value is -1.31. The van der Waals surface area contributed by atoms with Crippen LogP contribution in [-0.2, 0) is 11.3 Å². The Morgan fingerprint density at radius 3 is 2.73 bits per heavy atom. The maximum atomic E-state index is 12.1. The Morgan fingerprint density at radius 1 is 1.55 bits per heavy atom. The van der Waals surface area contributed by atoms with E-state index in [0.717, 1.165) is 10.6 Å². The average Bonchev–Trinajstić information content (AvgIpc) is 2.76. The molecule has 0 saturated carbocycles. The fourth-order valence-electron chi connectivity index (χ4n) is 1.81.